The third-order valence-electron chi connectivity index (χ3n) is 3.72. The molecular formula is C15H24N4O2. The first-order valence-corrected chi connectivity index (χ1v) is 7.46. The Kier molecular flexibility index (Phi) is 4.77. The predicted molar refractivity (Wildman–Crippen MR) is 81.1 cm³/mol. The molecule has 116 valence electrons. The van der Waals surface area contributed by atoms with Crippen LogP contribution in [0.1, 0.15) is 52.1 Å². The number of amides is 2. The maximum Gasteiger partial charge on any atom is 0.320 e. The van der Waals surface area contributed by atoms with Crippen LogP contribution in [-0.2, 0) is 5.41 Å². The minimum atomic E-state index is -0.459. The van der Waals surface area contributed by atoms with Crippen LogP contribution >= 0.6 is 0 Å². The van der Waals surface area contributed by atoms with E-state index < -0.39 is 6.10 Å². The Morgan fingerprint density at radius 1 is 1.24 bits per heavy atom. The van der Waals surface area contributed by atoms with Gasteiger partial charge in [-0.15, -0.1) is 5.10 Å². The quantitative estimate of drug-likeness (QED) is 0.780. The van der Waals surface area contributed by atoms with Crippen molar-refractivity contribution in [2.45, 2.75) is 64.0 Å². The van der Waals surface area contributed by atoms with Crippen molar-refractivity contribution < 1.29 is 9.90 Å². The van der Waals surface area contributed by atoms with Gasteiger partial charge in [-0.2, -0.15) is 5.10 Å². The zero-order valence-corrected chi connectivity index (χ0v) is 12.9. The average Bonchev–Trinajstić information content (AvgIpc) is 2.41. The topological polar surface area (TPSA) is 87.1 Å². The number of carbonyl (C=O) groups is 1. The highest BCUT2D eigenvalue weighted by atomic mass is 16.3. The minimum absolute atomic E-state index is 0.0694. The summed E-state index contributed by atoms with van der Waals surface area (Å²) in [6.45, 7) is 6.17. The molecule has 6 heteroatoms. The van der Waals surface area contributed by atoms with Gasteiger partial charge >= 0.3 is 6.03 Å². The molecule has 2 unspecified atom stereocenters. The lowest BCUT2D eigenvalue weighted by atomic mass is 9.92. The summed E-state index contributed by atoms with van der Waals surface area (Å²) in [5.41, 5.74) is 0.802. The second-order valence-corrected chi connectivity index (χ2v) is 6.61. The van der Waals surface area contributed by atoms with Crippen molar-refractivity contribution in [1.29, 1.82) is 0 Å². The van der Waals surface area contributed by atoms with Crippen LogP contribution < -0.4 is 10.6 Å². The van der Waals surface area contributed by atoms with Crippen LogP contribution in [0.2, 0.25) is 0 Å². The van der Waals surface area contributed by atoms with E-state index in [2.05, 4.69) is 41.6 Å². The molecule has 1 aliphatic rings. The molecule has 1 fully saturated rings. The molecule has 1 aromatic heterocycles. The summed E-state index contributed by atoms with van der Waals surface area (Å²) in [6.07, 6.45) is 3.13. The number of aliphatic hydroxyl groups is 1. The summed E-state index contributed by atoms with van der Waals surface area (Å²) in [6, 6.07) is 3.07. The fourth-order valence-corrected chi connectivity index (χ4v) is 2.40. The van der Waals surface area contributed by atoms with Crippen molar-refractivity contribution in [2.75, 3.05) is 5.32 Å². The van der Waals surface area contributed by atoms with Gasteiger partial charge in [0, 0.05) is 5.41 Å². The number of nitrogens with one attached hydrogen (secondary N) is 2. The lowest BCUT2D eigenvalue weighted by Gasteiger charge is -2.28. The Hall–Kier alpha value is -1.69. The molecule has 0 saturated heterocycles. The zero-order chi connectivity index (χ0) is 15.5. The van der Waals surface area contributed by atoms with Gasteiger partial charge in [0.2, 0.25) is 0 Å². The first-order valence-electron chi connectivity index (χ1n) is 7.46. The first-order chi connectivity index (χ1) is 9.86. The van der Waals surface area contributed by atoms with E-state index in [0.29, 0.717) is 5.82 Å². The summed E-state index contributed by atoms with van der Waals surface area (Å²) < 4.78 is 0. The molecule has 1 aromatic rings. The molecule has 2 atom stereocenters. The monoisotopic (exact) mass is 292 g/mol. The molecule has 0 aromatic carbocycles. The number of hydrogen-bond acceptors (Lipinski definition) is 4. The molecule has 1 heterocycles. The van der Waals surface area contributed by atoms with Crippen LogP contribution in [0.25, 0.3) is 0 Å². The lowest BCUT2D eigenvalue weighted by molar-refractivity contribution is 0.0955. The summed E-state index contributed by atoms with van der Waals surface area (Å²) in [5.74, 6) is 0.408. The Morgan fingerprint density at radius 3 is 2.52 bits per heavy atom. The van der Waals surface area contributed by atoms with Crippen molar-refractivity contribution in [1.82, 2.24) is 15.5 Å². The normalized spacial score (nSPS) is 22.7. The molecule has 2 rings (SSSR count). The Morgan fingerprint density at radius 2 is 1.95 bits per heavy atom. The Labute approximate surface area is 125 Å². The van der Waals surface area contributed by atoms with Gasteiger partial charge < -0.3 is 10.4 Å². The number of nitrogens with zero attached hydrogens (tertiary/aromatic N) is 2. The van der Waals surface area contributed by atoms with E-state index in [0.717, 1.165) is 31.4 Å². The van der Waals surface area contributed by atoms with Crippen LogP contribution in [0, 0.1) is 0 Å². The second-order valence-electron chi connectivity index (χ2n) is 6.61. The molecule has 0 spiro atoms. The summed E-state index contributed by atoms with van der Waals surface area (Å²) >= 11 is 0. The molecular weight excluding hydrogens is 268 g/mol. The largest absolute Gasteiger partial charge is 0.391 e. The maximum absolute atomic E-state index is 11.9. The van der Waals surface area contributed by atoms with Crippen molar-refractivity contribution in [3.05, 3.63) is 17.8 Å². The maximum atomic E-state index is 11.9. The highest BCUT2D eigenvalue weighted by Gasteiger charge is 2.24. The highest BCUT2D eigenvalue weighted by molar-refractivity contribution is 5.88. The number of aliphatic hydroxyl groups excluding tert-OH is 1. The Balaban J connectivity index is 1.90. The predicted octanol–water partition coefficient (Wildman–Crippen LogP) is 2.20. The molecule has 3 N–H and O–H groups in total. The third kappa shape index (κ3) is 4.39. The number of aromatic nitrogens is 2. The molecule has 6 nitrogen and oxygen atoms in total. The van der Waals surface area contributed by atoms with Crippen LogP contribution in [0.3, 0.4) is 0 Å². The fourth-order valence-electron chi connectivity index (χ4n) is 2.40. The average molecular weight is 292 g/mol. The van der Waals surface area contributed by atoms with Crippen molar-refractivity contribution in [2.24, 2.45) is 0 Å². The van der Waals surface area contributed by atoms with E-state index in [1.54, 1.807) is 6.07 Å². The molecule has 2 amide bonds. The minimum Gasteiger partial charge on any atom is -0.391 e. The smallest absolute Gasteiger partial charge is 0.320 e. The van der Waals surface area contributed by atoms with Gasteiger partial charge in [-0.25, -0.2) is 4.79 Å². The molecule has 1 aliphatic carbocycles. The van der Waals surface area contributed by atoms with Gasteiger partial charge in [0.15, 0.2) is 5.82 Å². The first kappa shape index (κ1) is 15.7. The lowest BCUT2D eigenvalue weighted by Crippen LogP contribution is -2.46. The van der Waals surface area contributed by atoms with Gasteiger partial charge in [-0.1, -0.05) is 33.6 Å². The van der Waals surface area contributed by atoms with E-state index in [9.17, 15) is 9.90 Å². The number of urea groups is 1. The molecule has 1 saturated carbocycles. The second kappa shape index (κ2) is 6.39. The van der Waals surface area contributed by atoms with Crippen molar-refractivity contribution >= 4 is 11.8 Å². The standard InChI is InChI=1S/C15H24N4O2/c1-15(2,3)12-8-9-13(19-18-12)17-14(21)16-10-6-4-5-7-11(10)20/h8-11,20H,4-7H2,1-3H3,(H2,16,17,19,21). The van der Waals surface area contributed by atoms with Gasteiger partial charge in [0.25, 0.3) is 0 Å². The zero-order valence-electron chi connectivity index (χ0n) is 12.9. The van der Waals surface area contributed by atoms with Crippen molar-refractivity contribution in [3.63, 3.8) is 0 Å². The fraction of sp³-hybridized carbons (Fsp3) is 0.667. The highest BCUT2D eigenvalue weighted by Crippen LogP contribution is 2.20. The Bertz CT molecular complexity index is 481. The van der Waals surface area contributed by atoms with Gasteiger partial charge in [-0.3, -0.25) is 5.32 Å². The molecule has 21 heavy (non-hydrogen) atoms. The van der Waals surface area contributed by atoms with Crippen LogP contribution in [0.4, 0.5) is 10.6 Å². The molecule has 0 aliphatic heterocycles. The van der Waals surface area contributed by atoms with Crippen LogP contribution in [0.5, 0.6) is 0 Å². The van der Waals surface area contributed by atoms with Crippen LogP contribution in [-0.4, -0.2) is 33.5 Å². The number of anilines is 1. The number of carbonyl (C=O) groups excluding carboxylic acids is 1. The van der Waals surface area contributed by atoms with E-state index in [1.807, 2.05) is 6.07 Å². The summed E-state index contributed by atoms with van der Waals surface area (Å²) in [4.78, 5) is 11.9. The van der Waals surface area contributed by atoms with E-state index in [4.69, 9.17) is 0 Å². The SMILES string of the molecule is CC(C)(C)c1ccc(NC(=O)NC2CCCCC2O)nn1. The van der Waals surface area contributed by atoms with E-state index >= 15 is 0 Å². The summed E-state index contributed by atoms with van der Waals surface area (Å²) in [5, 5.41) is 23.4. The number of hydrogen-bond donors (Lipinski definition) is 3. The van der Waals surface area contributed by atoms with E-state index in [1.165, 1.54) is 0 Å². The molecule has 0 radical (unpaired) electrons. The van der Waals surface area contributed by atoms with Crippen molar-refractivity contribution in [3.8, 4) is 0 Å². The van der Waals surface area contributed by atoms with Gasteiger partial charge in [0.05, 0.1) is 17.8 Å². The molecule has 0 bridgehead atoms. The third-order valence-corrected chi connectivity index (χ3v) is 3.72. The van der Waals surface area contributed by atoms with Crippen LogP contribution in [0.15, 0.2) is 12.1 Å². The summed E-state index contributed by atoms with van der Waals surface area (Å²) in [7, 11) is 0. The number of rotatable bonds is 2. The van der Waals surface area contributed by atoms with Gasteiger partial charge in [0.1, 0.15) is 0 Å². The van der Waals surface area contributed by atoms with E-state index in [-0.39, 0.29) is 17.5 Å². The van der Waals surface area contributed by atoms with Gasteiger partial charge in [-0.05, 0) is 25.0 Å².